The maximum absolute atomic E-state index is 11.5. The summed E-state index contributed by atoms with van der Waals surface area (Å²) in [5.74, 6) is 0.173. The van der Waals surface area contributed by atoms with E-state index in [1.54, 1.807) is 0 Å². The van der Waals surface area contributed by atoms with Crippen LogP contribution in [0.2, 0.25) is 0 Å². The van der Waals surface area contributed by atoms with Gasteiger partial charge in [-0.2, -0.15) is 0 Å². The average molecular weight is 209 g/mol. The molecule has 3 rings (SSSR count). The van der Waals surface area contributed by atoms with Crippen LogP contribution in [-0.4, -0.2) is 53.5 Å². The predicted octanol–water partition coefficient (Wildman–Crippen LogP) is -0.217. The van der Waals surface area contributed by atoms with Gasteiger partial charge in [0.25, 0.3) is 0 Å². The summed E-state index contributed by atoms with van der Waals surface area (Å²) in [6.07, 6.45) is 4.99. The number of hydrogen-bond donors (Lipinski definition) is 1. The van der Waals surface area contributed by atoms with Gasteiger partial charge in [0.1, 0.15) is 6.04 Å². The van der Waals surface area contributed by atoms with Crippen molar-refractivity contribution >= 4 is 5.91 Å². The molecule has 2 N–H and O–H groups in total. The maximum Gasteiger partial charge on any atom is 0.241 e. The second kappa shape index (κ2) is 3.46. The number of likely N-dealkylation sites (tertiary alicyclic amines) is 1. The summed E-state index contributed by atoms with van der Waals surface area (Å²) in [4.78, 5) is 16.1. The number of rotatable bonds is 1. The van der Waals surface area contributed by atoms with Crippen LogP contribution in [0.3, 0.4) is 0 Å². The van der Waals surface area contributed by atoms with E-state index in [4.69, 9.17) is 5.73 Å². The maximum atomic E-state index is 11.5. The minimum Gasteiger partial charge on any atom is -0.336 e. The molecular formula is C11H19N3O. The van der Waals surface area contributed by atoms with Crippen LogP contribution in [0.1, 0.15) is 25.7 Å². The van der Waals surface area contributed by atoms with Gasteiger partial charge in [0, 0.05) is 25.2 Å². The highest BCUT2D eigenvalue weighted by Gasteiger charge is 2.42. The normalized spacial score (nSPS) is 41.5. The van der Waals surface area contributed by atoms with Crippen LogP contribution >= 0.6 is 0 Å². The first kappa shape index (κ1) is 9.60. The molecule has 3 aliphatic heterocycles. The van der Waals surface area contributed by atoms with Crippen LogP contribution in [0.5, 0.6) is 0 Å². The van der Waals surface area contributed by atoms with E-state index in [-0.39, 0.29) is 11.9 Å². The Morgan fingerprint density at radius 2 is 2.07 bits per heavy atom. The number of β-lactam (4-membered cyclic amide) rings is 1. The van der Waals surface area contributed by atoms with Crippen molar-refractivity contribution in [3.05, 3.63) is 0 Å². The zero-order valence-electron chi connectivity index (χ0n) is 9.06. The molecular weight excluding hydrogens is 190 g/mol. The number of amides is 1. The van der Waals surface area contributed by atoms with Gasteiger partial charge < -0.3 is 15.5 Å². The zero-order chi connectivity index (χ0) is 10.4. The van der Waals surface area contributed by atoms with Crippen molar-refractivity contribution < 1.29 is 4.79 Å². The van der Waals surface area contributed by atoms with Gasteiger partial charge >= 0.3 is 0 Å². The number of hydrogen-bond acceptors (Lipinski definition) is 3. The lowest BCUT2D eigenvalue weighted by Crippen LogP contribution is -2.65. The van der Waals surface area contributed by atoms with Gasteiger partial charge in [0.15, 0.2) is 0 Å². The number of fused-ring (bicyclic) bond motifs is 1. The Kier molecular flexibility index (Phi) is 2.21. The number of carbonyl (C=O) groups is 1. The highest BCUT2D eigenvalue weighted by Crippen LogP contribution is 2.31. The van der Waals surface area contributed by atoms with Crippen LogP contribution in [0.25, 0.3) is 0 Å². The van der Waals surface area contributed by atoms with E-state index in [2.05, 4.69) is 4.90 Å². The summed E-state index contributed by atoms with van der Waals surface area (Å²) in [7, 11) is 0. The van der Waals surface area contributed by atoms with Crippen molar-refractivity contribution in [3.63, 3.8) is 0 Å². The quantitative estimate of drug-likeness (QED) is 0.608. The Hall–Kier alpha value is -0.610. The molecule has 0 aromatic carbocycles. The standard InChI is InChI=1S/C11H19N3O/c12-10-7-14(11(10)15)9-3-5-13-4-1-2-8(13)6-9/h8-10H,1-7,12H2. The summed E-state index contributed by atoms with van der Waals surface area (Å²) in [5, 5.41) is 0. The third-order valence-corrected chi connectivity index (χ3v) is 4.23. The van der Waals surface area contributed by atoms with E-state index >= 15 is 0 Å². The molecule has 15 heavy (non-hydrogen) atoms. The molecule has 0 bridgehead atoms. The largest absolute Gasteiger partial charge is 0.336 e. The van der Waals surface area contributed by atoms with E-state index in [0.29, 0.717) is 6.04 Å². The van der Waals surface area contributed by atoms with Crippen molar-refractivity contribution in [2.24, 2.45) is 5.73 Å². The van der Waals surface area contributed by atoms with Gasteiger partial charge in [-0.3, -0.25) is 4.79 Å². The Bertz CT molecular complexity index is 281. The van der Waals surface area contributed by atoms with E-state index in [0.717, 1.165) is 19.0 Å². The van der Waals surface area contributed by atoms with Gasteiger partial charge in [0.2, 0.25) is 5.91 Å². The summed E-state index contributed by atoms with van der Waals surface area (Å²) in [5.41, 5.74) is 5.62. The summed E-state index contributed by atoms with van der Waals surface area (Å²) < 4.78 is 0. The van der Waals surface area contributed by atoms with Crippen molar-refractivity contribution in [3.8, 4) is 0 Å². The molecule has 3 unspecified atom stereocenters. The first-order valence-corrected chi connectivity index (χ1v) is 6.06. The molecule has 0 radical (unpaired) electrons. The number of piperidine rings is 1. The Labute approximate surface area is 90.4 Å². The minimum atomic E-state index is -0.202. The molecule has 1 amide bonds. The molecule has 0 aliphatic carbocycles. The molecule has 3 atom stereocenters. The molecule has 4 nitrogen and oxygen atoms in total. The zero-order valence-corrected chi connectivity index (χ0v) is 9.06. The molecule has 3 saturated heterocycles. The van der Waals surface area contributed by atoms with E-state index in [1.165, 1.54) is 32.4 Å². The minimum absolute atomic E-state index is 0.173. The van der Waals surface area contributed by atoms with Crippen molar-refractivity contribution in [1.82, 2.24) is 9.80 Å². The molecule has 3 heterocycles. The second-order valence-corrected chi connectivity index (χ2v) is 5.11. The molecule has 0 aromatic heterocycles. The van der Waals surface area contributed by atoms with Crippen LogP contribution < -0.4 is 5.73 Å². The lowest BCUT2D eigenvalue weighted by Gasteiger charge is -2.46. The first-order valence-electron chi connectivity index (χ1n) is 6.06. The fraction of sp³-hybridized carbons (Fsp3) is 0.909. The molecule has 0 spiro atoms. The summed E-state index contributed by atoms with van der Waals surface area (Å²) in [6.45, 7) is 3.23. The fourth-order valence-electron chi connectivity index (χ4n) is 3.30. The van der Waals surface area contributed by atoms with Gasteiger partial charge in [0.05, 0.1) is 0 Å². The monoisotopic (exact) mass is 209 g/mol. The molecule has 4 heteroatoms. The van der Waals surface area contributed by atoms with E-state index in [9.17, 15) is 4.79 Å². The van der Waals surface area contributed by atoms with Gasteiger partial charge in [-0.05, 0) is 32.2 Å². The van der Waals surface area contributed by atoms with Crippen LogP contribution in [0.4, 0.5) is 0 Å². The van der Waals surface area contributed by atoms with Gasteiger partial charge in [-0.15, -0.1) is 0 Å². The summed E-state index contributed by atoms with van der Waals surface area (Å²) in [6, 6.07) is 1.02. The van der Waals surface area contributed by atoms with Crippen LogP contribution in [0.15, 0.2) is 0 Å². The Balaban J connectivity index is 1.62. The SMILES string of the molecule is NC1CN(C2CCN3CCCC3C2)C1=O. The molecule has 0 saturated carbocycles. The second-order valence-electron chi connectivity index (χ2n) is 5.11. The third kappa shape index (κ3) is 1.47. The molecule has 84 valence electrons. The Morgan fingerprint density at radius 1 is 1.20 bits per heavy atom. The number of nitrogens with zero attached hydrogens (tertiary/aromatic N) is 2. The van der Waals surface area contributed by atoms with Crippen LogP contribution in [0, 0.1) is 0 Å². The van der Waals surface area contributed by atoms with Crippen molar-refractivity contribution in [2.75, 3.05) is 19.6 Å². The Morgan fingerprint density at radius 3 is 2.80 bits per heavy atom. The summed E-state index contributed by atoms with van der Waals surface area (Å²) >= 11 is 0. The third-order valence-electron chi connectivity index (χ3n) is 4.23. The van der Waals surface area contributed by atoms with E-state index in [1.807, 2.05) is 4.90 Å². The van der Waals surface area contributed by atoms with E-state index < -0.39 is 0 Å². The molecule has 0 aromatic rings. The lowest BCUT2D eigenvalue weighted by molar-refractivity contribution is -0.147. The van der Waals surface area contributed by atoms with Gasteiger partial charge in [-0.25, -0.2) is 0 Å². The molecule has 3 aliphatic rings. The number of carbonyl (C=O) groups excluding carboxylic acids is 1. The van der Waals surface area contributed by atoms with Crippen molar-refractivity contribution in [1.29, 1.82) is 0 Å². The average Bonchev–Trinajstić information content (AvgIpc) is 2.72. The smallest absolute Gasteiger partial charge is 0.241 e. The van der Waals surface area contributed by atoms with Crippen LogP contribution in [-0.2, 0) is 4.79 Å². The fourth-order valence-corrected chi connectivity index (χ4v) is 3.30. The highest BCUT2D eigenvalue weighted by atomic mass is 16.2. The molecule has 3 fully saturated rings. The predicted molar refractivity (Wildman–Crippen MR) is 57.3 cm³/mol. The van der Waals surface area contributed by atoms with Gasteiger partial charge in [-0.1, -0.05) is 0 Å². The topological polar surface area (TPSA) is 49.6 Å². The lowest BCUT2D eigenvalue weighted by atomic mass is 9.92. The van der Waals surface area contributed by atoms with Crippen molar-refractivity contribution in [2.45, 2.75) is 43.8 Å². The highest BCUT2D eigenvalue weighted by molar-refractivity contribution is 5.88. The first-order chi connectivity index (χ1) is 7.25. The number of nitrogens with two attached hydrogens (primary N) is 1.